The van der Waals surface area contributed by atoms with E-state index < -0.39 is 12.1 Å². The van der Waals surface area contributed by atoms with Gasteiger partial charge < -0.3 is 10.2 Å². The third-order valence-corrected chi connectivity index (χ3v) is 4.51. The molecule has 0 spiro atoms. The highest BCUT2D eigenvalue weighted by atomic mass is 19.4. The van der Waals surface area contributed by atoms with Crippen LogP contribution in [0.25, 0.3) is 0 Å². The zero-order valence-electron chi connectivity index (χ0n) is 11.5. The Morgan fingerprint density at radius 1 is 1.11 bits per heavy atom. The molecule has 2 aliphatic rings. The first-order chi connectivity index (χ1) is 9.05. The SMILES string of the molecule is FC(F)(F)C1CCCN(CCCC2CCNCC2)C1. The molecule has 2 aliphatic heterocycles. The minimum atomic E-state index is -4.01. The van der Waals surface area contributed by atoms with Crippen LogP contribution in [-0.2, 0) is 0 Å². The van der Waals surface area contributed by atoms with E-state index in [2.05, 4.69) is 5.32 Å². The zero-order chi connectivity index (χ0) is 13.7. The van der Waals surface area contributed by atoms with E-state index in [1.165, 1.54) is 19.3 Å². The Labute approximate surface area is 113 Å². The van der Waals surface area contributed by atoms with Crippen molar-refractivity contribution in [3.8, 4) is 0 Å². The summed E-state index contributed by atoms with van der Waals surface area (Å²) in [6, 6.07) is 0. The third kappa shape index (κ3) is 4.95. The Kier molecular flexibility index (Phi) is 5.51. The normalized spacial score (nSPS) is 27.6. The highest BCUT2D eigenvalue weighted by Crippen LogP contribution is 2.33. The van der Waals surface area contributed by atoms with Crippen molar-refractivity contribution in [3.05, 3.63) is 0 Å². The minimum Gasteiger partial charge on any atom is -0.317 e. The molecular weight excluding hydrogens is 253 g/mol. The fraction of sp³-hybridized carbons (Fsp3) is 1.00. The lowest BCUT2D eigenvalue weighted by molar-refractivity contribution is -0.186. The molecule has 1 N–H and O–H groups in total. The second-order valence-corrected chi connectivity index (χ2v) is 6.02. The first-order valence-corrected chi connectivity index (χ1v) is 7.55. The van der Waals surface area contributed by atoms with Gasteiger partial charge in [-0.2, -0.15) is 13.2 Å². The van der Waals surface area contributed by atoms with E-state index in [4.69, 9.17) is 0 Å². The average molecular weight is 278 g/mol. The Morgan fingerprint density at radius 3 is 2.53 bits per heavy atom. The van der Waals surface area contributed by atoms with E-state index in [0.717, 1.165) is 38.5 Å². The highest BCUT2D eigenvalue weighted by molar-refractivity contribution is 4.78. The van der Waals surface area contributed by atoms with Gasteiger partial charge in [0.05, 0.1) is 5.92 Å². The van der Waals surface area contributed by atoms with Crippen LogP contribution >= 0.6 is 0 Å². The summed E-state index contributed by atoms with van der Waals surface area (Å²) in [4.78, 5) is 2.02. The molecule has 0 aliphatic carbocycles. The maximum absolute atomic E-state index is 12.7. The van der Waals surface area contributed by atoms with Gasteiger partial charge in [0.2, 0.25) is 0 Å². The molecule has 112 valence electrons. The topological polar surface area (TPSA) is 15.3 Å². The van der Waals surface area contributed by atoms with Crippen molar-refractivity contribution in [2.75, 3.05) is 32.7 Å². The number of piperidine rings is 2. The van der Waals surface area contributed by atoms with Crippen molar-refractivity contribution >= 4 is 0 Å². The quantitative estimate of drug-likeness (QED) is 0.850. The molecule has 2 saturated heterocycles. The van der Waals surface area contributed by atoms with Crippen LogP contribution in [0.4, 0.5) is 13.2 Å². The van der Waals surface area contributed by atoms with Gasteiger partial charge in [-0.25, -0.2) is 0 Å². The van der Waals surface area contributed by atoms with Crippen LogP contribution in [0.3, 0.4) is 0 Å². The zero-order valence-corrected chi connectivity index (χ0v) is 11.5. The molecule has 2 rings (SSSR count). The van der Waals surface area contributed by atoms with Crippen LogP contribution in [0.1, 0.15) is 38.5 Å². The number of halogens is 3. The van der Waals surface area contributed by atoms with Gasteiger partial charge >= 0.3 is 6.18 Å². The number of nitrogens with one attached hydrogen (secondary N) is 1. The number of nitrogens with zero attached hydrogens (tertiary/aromatic N) is 1. The first-order valence-electron chi connectivity index (χ1n) is 7.55. The Hall–Kier alpha value is -0.290. The molecule has 0 radical (unpaired) electrons. The Morgan fingerprint density at radius 2 is 1.84 bits per heavy atom. The summed E-state index contributed by atoms with van der Waals surface area (Å²) in [5.74, 6) is -0.315. The molecule has 0 aromatic heterocycles. The van der Waals surface area contributed by atoms with E-state index in [1.807, 2.05) is 4.90 Å². The molecule has 0 saturated carbocycles. The minimum absolute atomic E-state index is 0.218. The van der Waals surface area contributed by atoms with Crippen molar-refractivity contribution in [2.24, 2.45) is 11.8 Å². The maximum Gasteiger partial charge on any atom is 0.393 e. The summed E-state index contributed by atoms with van der Waals surface area (Å²) >= 11 is 0. The molecule has 2 heterocycles. The van der Waals surface area contributed by atoms with Crippen molar-refractivity contribution in [2.45, 2.75) is 44.7 Å². The van der Waals surface area contributed by atoms with Crippen molar-refractivity contribution < 1.29 is 13.2 Å². The Balaban J connectivity index is 1.65. The molecule has 0 aromatic rings. The molecule has 19 heavy (non-hydrogen) atoms. The van der Waals surface area contributed by atoms with E-state index in [1.54, 1.807) is 0 Å². The van der Waals surface area contributed by atoms with Gasteiger partial charge in [-0.1, -0.05) is 0 Å². The summed E-state index contributed by atoms with van der Waals surface area (Å²) in [6.45, 7) is 4.11. The van der Waals surface area contributed by atoms with Gasteiger partial charge in [0, 0.05) is 6.54 Å². The molecule has 1 unspecified atom stereocenters. The third-order valence-electron chi connectivity index (χ3n) is 4.51. The second-order valence-electron chi connectivity index (χ2n) is 6.02. The lowest BCUT2D eigenvalue weighted by Crippen LogP contribution is -2.42. The molecule has 2 nitrogen and oxygen atoms in total. The van der Waals surface area contributed by atoms with Crippen LogP contribution in [0.15, 0.2) is 0 Å². The van der Waals surface area contributed by atoms with Crippen LogP contribution in [0, 0.1) is 11.8 Å². The van der Waals surface area contributed by atoms with Gasteiger partial charge in [0.25, 0.3) is 0 Å². The molecule has 0 bridgehead atoms. The lowest BCUT2D eigenvalue weighted by atomic mass is 9.92. The first kappa shape index (κ1) is 15.1. The standard InChI is InChI=1S/C14H25F3N2/c15-14(16,17)13-4-2-10-19(11-13)9-1-3-12-5-7-18-8-6-12/h12-13,18H,1-11H2. The molecule has 2 fully saturated rings. The molecule has 0 amide bonds. The number of likely N-dealkylation sites (tertiary alicyclic amines) is 1. The fourth-order valence-corrected chi connectivity index (χ4v) is 3.30. The molecule has 0 aromatic carbocycles. The van der Waals surface area contributed by atoms with Gasteiger partial charge in [-0.15, -0.1) is 0 Å². The van der Waals surface area contributed by atoms with E-state index in [-0.39, 0.29) is 6.54 Å². The number of hydrogen-bond acceptors (Lipinski definition) is 2. The van der Waals surface area contributed by atoms with Crippen molar-refractivity contribution in [3.63, 3.8) is 0 Å². The number of hydrogen-bond donors (Lipinski definition) is 1. The van der Waals surface area contributed by atoms with E-state index in [0.29, 0.717) is 12.8 Å². The second kappa shape index (κ2) is 6.93. The van der Waals surface area contributed by atoms with Gasteiger partial charge in [-0.3, -0.25) is 0 Å². The van der Waals surface area contributed by atoms with Crippen LogP contribution < -0.4 is 5.32 Å². The predicted molar refractivity (Wildman–Crippen MR) is 70.0 cm³/mol. The fourth-order valence-electron chi connectivity index (χ4n) is 3.30. The summed E-state index contributed by atoms with van der Waals surface area (Å²) in [7, 11) is 0. The predicted octanol–water partition coefficient (Wildman–Crippen LogP) is 3.04. The van der Waals surface area contributed by atoms with Gasteiger partial charge in [0.1, 0.15) is 0 Å². The number of alkyl halides is 3. The van der Waals surface area contributed by atoms with Crippen LogP contribution in [0.2, 0.25) is 0 Å². The summed E-state index contributed by atoms with van der Waals surface area (Å²) in [5, 5.41) is 3.34. The summed E-state index contributed by atoms with van der Waals surface area (Å²) in [6.07, 6.45) is 1.68. The van der Waals surface area contributed by atoms with Gasteiger partial charge in [0.15, 0.2) is 0 Å². The van der Waals surface area contributed by atoms with Gasteiger partial charge in [-0.05, 0) is 70.6 Å². The van der Waals surface area contributed by atoms with Crippen LogP contribution in [-0.4, -0.2) is 43.8 Å². The number of rotatable bonds is 4. The molecule has 5 heteroatoms. The monoisotopic (exact) mass is 278 g/mol. The van der Waals surface area contributed by atoms with E-state index >= 15 is 0 Å². The Bertz CT molecular complexity index is 262. The maximum atomic E-state index is 12.7. The highest BCUT2D eigenvalue weighted by Gasteiger charge is 2.41. The largest absolute Gasteiger partial charge is 0.393 e. The summed E-state index contributed by atoms with van der Waals surface area (Å²) in [5.41, 5.74) is 0. The smallest absolute Gasteiger partial charge is 0.317 e. The van der Waals surface area contributed by atoms with Crippen molar-refractivity contribution in [1.29, 1.82) is 0 Å². The lowest BCUT2D eigenvalue weighted by Gasteiger charge is -2.34. The average Bonchev–Trinajstić information content (AvgIpc) is 2.39. The van der Waals surface area contributed by atoms with E-state index in [9.17, 15) is 13.2 Å². The molecule has 1 atom stereocenters. The van der Waals surface area contributed by atoms with Crippen LogP contribution in [0.5, 0.6) is 0 Å². The van der Waals surface area contributed by atoms with Crippen molar-refractivity contribution in [1.82, 2.24) is 10.2 Å². The summed E-state index contributed by atoms with van der Waals surface area (Å²) < 4.78 is 38.1. The molecular formula is C14H25F3N2.